The molecule has 0 radical (unpaired) electrons. The molecule has 2 aliphatic rings. The molecule has 2 unspecified atom stereocenters. The first-order valence-electron chi connectivity index (χ1n) is 12.0. The van der Waals surface area contributed by atoms with Crippen LogP contribution in [0.2, 0.25) is 5.02 Å². The smallest absolute Gasteiger partial charge is 0.272 e. The van der Waals surface area contributed by atoms with E-state index < -0.39 is 0 Å². The number of halogens is 1. The van der Waals surface area contributed by atoms with Gasteiger partial charge in [0.2, 0.25) is 5.91 Å². The zero-order valence-corrected chi connectivity index (χ0v) is 20.6. The number of carbonyl (C=O) groups excluding carboxylic acids is 2. The maximum absolute atomic E-state index is 13.4. The number of aromatic nitrogens is 2. The first-order valence-corrected chi connectivity index (χ1v) is 12.3. The van der Waals surface area contributed by atoms with Gasteiger partial charge < -0.3 is 14.7 Å². The summed E-state index contributed by atoms with van der Waals surface area (Å²) >= 11 is 6.04. The van der Waals surface area contributed by atoms with Crippen molar-refractivity contribution in [1.29, 1.82) is 0 Å². The molecule has 0 bridgehead atoms. The van der Waals surface area contributed by atoms with E-state index in [9.17, 15) is 9.59 Å². The van der Waals surface area contributed by atoms with Crippen LogP contribution >= 0.6 is 11.6 Å². The van der Waals surface area contributed by atoms with Gasteiger partial charge in [-0.25, -0.2) is 0 Å². The molecular weight excluding hydrogens is 438 g/mol. The summed E-state index contributed by atoms with van der Waals surface area (Å²) in [6.45, 7) is 4.32. The Morgan fingerprint density at radius 3 is 2.61 bits per heavy atom. The Hall–Kier alpha value is -2.38. The van der Waals surface area contributed by atoms with Gasteiger partial charge in [0.05, 0.1) is 11.7 Å². The lowest BCUT2D eigenvalue weighted by Gasteiger charge is -2.34. The normalized spacial score (nSPS) is 20.6. The van der Waals surface area contributed by atoms with E-state index in [4.69, 9.17) is 16.7 Å². The van der Waals surface area contributed by atoms with E-state index in [-0.39, 0.29) is 24.4 Å². The maximum Gasteiger partial charge on any atom is 0.272 e. The second-order valence-electron chi connectivity index (χ2n) is 9.45. The van der Waals surface area contributed by atoms with Gasteiger partial charge in [0, 0.05) is 36.3 Å². The van der Waals surface area contributed by atoms with Crippen LogP contribution in [0.5, 0.6) is 0 Å². The van der Waals surface area contributed by atoms with Gasteiger partial charge in [0.15, 0.2) is 0 Å². The Labute approximate surface area is 201 Å². The minimum Gasteiger partial charge on any atom is -0.340 e. The van der Waals surface area contributed by atoms with Gasteiger partial charge in [-0.15, -0.1) is 0 Å². The van der Waals surface area contributed by atoms with E-state index >= 15 is 0 Å². The number of amides is 2. The minimum atomic E-state index is -0.119. The molecule has 0 N–H and O–H groups in total. The number of likely N-dealkylation sites (N-methyl/N-ethyl adjacent to an activating group) is 1. The third-order valence-electron chi connectivity index (χ3n) is 6.87. The van der Waals surface area contributed by atoms with Gasteiger partial charge >= 0.3 is 0 Å². The molecule has 3 heterocycles. The van der Waals surface area contributed by atoms with Crippen molar-refractivity contribution in [3.05, 3.63) is 41.0 Å². The van der Waals surface area contributed by atoms with Crippen LogP contribution in [0.4, 0.5) is 0 Å². The van der Waals surface area contributed by atoms with Crippen molar-refractivity contribution in [3.8, 4) is 11.3 Å². The summed E-state index contributed by atoms with van der Waals surface area (Å²) in [7, 11) is 4.10. The summed E-state index contributed by atoms with van der Waals surface area (Å²) in [5.74, 6) is -0.0861. The topological polar surface area (TPSA) is 61.7 Å². The van der Waals surface area contributed by atoms with Crippen LogP contribution in [0, 0.1) is 0 Å². The molecule has 4 rings (SSSR count). The summed E-state index contributed by atoms with van der Waals surface area (Å²) in [4.78, 5) is 32.2. The zero-order chi connectivity index (χ0) is 23.5. The van der Waals surface area contributed by atoms with E-state index in [1.165, 1.54) is 0 Å². The number of fused-ring (bicyclic) bond motifs is 1. The van der Waals surface area contributed by atoms with Crippen molar-refractivity contribution in [2.24, 2.45) is 0 Å². The van der Waals surface area contributed by atoms with Gasteiger partial charge in [-0.3, -0.25) is 14.3 Å². The molecule has 8 heteroatoms. The molecule has 0 spiro atoms. The van der Waals surface area contributed by atoms with Crippen LogP contribution in [0.15, 0.2) is 30.3 Å². The lowest BCUT2D eigenvalue weighted by molar-refractivity contribution is -0.131. The summed E-state index contributed by atoms with van der Waals surface area (Å²) in [6.07, 6.45) is 5.27. The average molecular weight is 472 g/mol. The fourth-order valence-electron chi connectivity index (χ4n) is 4.80. The number of hydrogen-bond donors (Lipinski definition) is 0. The fraction of sp³-hybridized carbons (Fsp3) is 0.560. The molecule has 7 nitrogen and oxygen atoms in total. The number of unbranched alkanes of at least 4 members (excludes halogenated alkanes) is 2. The summed E-state index contributed by atoms with van der Waals surface area (Å²) in [5, 5.41) is 5.47. The summed E-state index contributed by atoms with van der Waals surface area (Å²) in [6, 6.07) is 9.82. The standard InChI is InChI=1S/C25H34ClN5O2/c1-4-5-6-7-21-16-30(17-24(32)29-13-12-20(15-29)28(2)3)25(33)23-14-22(27-31(21)23)18-8-10-19(26)11-9-18/h8-11,14,20-21H,4-7,12-13,15-17H2,1-3H3. The van der Waals surface area contributed by atoms with Gasteiger partial charge in [0.25, 0.3) is 5.91 Å². The first kappa shape index (κ1) is 23.8. The van der Waals surface area contributed by atoms with Gasteiger partial charge in [-0.1, -0.05) is 49.9 Å². The number of carbonyl (C=O) groups is 2. The Bertz CT molecular complexity index is 987. The highest BCUT2D eigenvalue weighted by Gasteiger charge is 2.36. The van der Waals surface area contributed by atoms with Crippen LogP contribution in [-0.4, -0.2) is 82.6 Å². The number of nitrogens with zero attached hydrogens (tertiary/aromatic N) is 5. The number of hydrogen-bond acceptors (Lipinski definition) is 4. The highest BCUT2D eigenvalue weighted by molar-refractivity contribution is 6.30. The second kappa shape index (κ2) is 10.3. The van der Waals surface area contributed by atoms with E-state index in [1.807, 2.05) is 54.0 Å². The molecule has 2 aliphatic heterocycles. The second-order valence-corrected chi connectivity index (χ2v) is 9.88. The SMILES string of the molecule is CCCCCC1CN(CC(=O)N2CCC(N(C)C)C2)C(=O)c2cc(-c3ccc(Cl)cc3)nn21. The predicted molar refractivity (Wildman–Crippen MR) is 130 cm³/mol. The van der Waals surface area contributed by atoms with E-state index in [1.54, 1.807) is 4.90 Å². The highest BCUT2D eigenvalue weighted by Crippen LogP contribution is 2.30. The van der Waals surface area contributed by atoms with E-state index in [0.29, 0.717) is 23.3 Å². The summed E-state index contributed by atoms with van der Waals surface area (Å²) in [5.41, 5.74) is 2.25. The third kappa shape index (κ3) is 5.25. The Morgan fingerprint density at radius 1 is 1.18 bits per heavy atom. The average Bonchev–Trinajstić information content (AvgIpc) is 3.46. The molecule has 33 heavy (non-hydrogen) atoms. The predicted octanol–water partition coefficient (Wildman–Crippen LogP) is 3.94. The van der Waals surface area contributed by atoms with Crippen LogP contribution in [0.25, 0.3) is 11.3 Å². The van der Waals surface area contributed by atoms with Crippen LogP contribution in [0.3, 0.4) is 0 Å². The zero-order valence-electron chi connectivity index (χ0n) is 19.8. The molecule has 178 valence electrons. The molecule has 1 fully saturated rings. The van der Waals surface area contributed by atoms with E-state index in [0.717, 1.165) is 56.5 Å². The molecule has 2 amide bonds. The molecule has 1 aromatic carbocycles. The third-order valence-corrected chi connectivity index (χ3v) is 7.12. The van der Waals surface area contributed by atoms with Crippen LogP contribution in [0.1, 0.15) is 55.6 Å². The Balaban J connectivity index is 1.54. The molecule has 1 aromatic heterocycles. The van der Waals surface area contributed by atoms with Crippen molar-refractivity contribution in [2.75, 3.05) is 40.3 Å². The van der Waals surface area contributed by atoms with Crippen molar-refractivity contribution in [2.45, 2.75) is 51.1 Å². The van der Waals surface area contributed by atoms with Crippen molar-refractivity contribution in [1.82, 2.24) is 24.5 Å². The fourth-order valence-corrected chi connectivity index (χ4v) is 4.93. The van der Waals surface area contributed by atoms with Crippen molar-refractivity contribution in [3.63, 3.8) is 0 Å². The van der Waals surface area contributed by atoms with Crippen LogP contribution in [-0.2, 0) is 4.79 Å². The maximum atomic E-state index is 13.4. The number of likely N-dealkylation sites (tertiary alicyclic amines) is 1. The van der Waals surface area contributed by atoms with E-state index in [2.05, 4.69) is 11.8 Å². The minimum absolute atomic E-state index is 0.0332. The Morgan fingerprint density at radius 2 is 1.94 bits per heavy atom. The first-order chi connectivity index (χ1) is 15.9. The quantitative estimate of drug-likeness (QED) is 0.547. The molecule has 2 atom stereocenters. The monoisotopic (exact) mass is 471 g/mol. The summed E-state index contributed by atoms with van der Waals surface area (Å²) < 4.78 is 1.89. The number of rotatable bonds is 8. The molecule has 2 aromatic rings. The molecule has 1 saturated heterocycles. The van der Waals surface area contributed by atoms with Crippen LogP contribution < -0.4 is 0 Å². The lowest BCUT2D eigenvalue weighted by atomic mass is 10.0. The van der Waals surface area contributed by atoms with Gasteiger partial charge in [-0.2, -0.15) is 5.10 Å². The van der Waals surface area contributed by atoms with Gasteiger partial charge in [0.1, 0.15) is 12.2 Å². The highest BCUT2D eigenvalue weighted by atomic mass is 35.5. The lowest BCUT2D eigenvalue weighted by Crippen LogP contribution is -2.48. The van der Waals surface area contributed by atoms with Crippen molar-refractivity contribution < 1.29 is 9.59 Å². The largest absolute Gasteiger partial charge is 0.340 e. The Kier molecular flexibility index (Phi) is 7.39. The molecule has 0 aliphatic carbocycles. The van der Waals surface area contributed by atoms with Gasteiger partial charge in [-0.05, 0) is 45.1 Å². The molecule has 0 saturated carbocycles. The van der Waals surface area contributed by atoms with Crippen molar-refractivity contribution >= 4 is 23.4 Å². The molecular formula is C25H34ClN5O2. The number of benzene rings is 1.